The van der Waals surface area contributed by atoms with E-state index in [0.29, 0.717) is 13.2 Å². The van der Waals surface area contributed by atoms with Gasteiger partial charge < -0.3 is 15.0 Å². The number of rotatable bonds is 4. The second kappa shape index (κ2) is 5.35. The van der Waals surface area contributed by atoms with Crippen LogP contribution in [0.5, 0.6) is 5.75 Å². The highest BCUT2D eigenvalue weighted by molar-refractivity contribution is 5.80. The zero-order valence-corrected chi connectivity index (χ0v) is 11.4. The normalized spacial score (nSPS) is 10.9. The molecule has 3 rings (SSSR count). The fourth-order valence-electron chi connectivity index (χ4n) is 2.28. The van der Waals surface area contributed by atoms with Crippen LogP contribution in [0.4, 0.5) is 0 Å². The van der Waals surface area contributed by atoms with Crippen LogP contribution in [0.25, 0.3) is 22.4 Å². The van der Waals surface area contributed by atoms with Crippen molar-refractivity contribution in [1.29, 1.82) is 0 Å². The number of nitrogens with zero attached hydrogens (tertiary/aromatic N) is 2. The van der Waals surface area contributed by atoms with E-state index in [0.717, 1.165) is 28.2 Å². The molecule has 0 aliphatic heterocycles. The third-order valence-electron chi connectivity index (χ3n) is 3.29. The lowest BCUT2D eigenvalue weighted by molar-refractivity contribution is 0.328. The van der Waals surface area contributed by atoms with E-state index in [4.69, 9.17) is 10.5 Å². The lowest BCUT2D eigenvalue weighted by Gasteiger charge is -2.06. The van der Waals surface area contributed by atoms with Gasteiger partial charge in [0.05, 0.1) is 11.0 Å². The predicted molar refractivity (Wildman–Crippen MR) is 80.7 cm³/mol. The van der Waals surface area contributed by atoms with Gasteiger partial charge in [-0.2, -0.15) is 0 Å². The molecule has 20 heavy (non-hydrogen) atoms. The molecule has 0 atom stereocenters. The van der Waals surface area contributed by atoms with Crippen molar-refractivity contribution in [1.82, 2.24) is 9.55 Å². The van der Waals surface area contributed by atoms with Gasteiger partial charge in [-0.05, 0) is 36.4 Å². The molecule has 102 valence electrons. The van der Waals surface area contributed by atoms with Gasteiger partial charge in [-0.1, -0.05) is 12.1 Å². The molecular formula is C16H17N3O. The lowest BCUT2D eigenvalue weighted by Crippen LogP contribution is -2.10. The largest absolute Gasteiger partial charge is 0.492 e. The van der Waals surface area contributed by atoms with Gasteiger partial charge in [0, 0.05) is 19.2 Å². The summed E-state index contributed by atoms with van der Waals surface area (Å²) in [5.74, 6) is 1.79. The van der Waals surface area contributed by atoms with Crippen molar-refractivity contribution < 1.29 is 4.74 Å². The van der Waals surface area contributed by atoms with Crippen molar-refractivity contribution in [2.24, 2.45) is 12.8 Å². The molecule has 1 heterocycles. The summed E-state index contributed by atoms with van der Waals surface area (Å²) in [6, 6.07) is 16.1. The van der Waals surface area contributed by atoms with Crippen LogP contribution >= 0.6 is 0 Å². The fourth-order valence-corrected chi connectivity index (χ4v) is 2.28. The molecule has 1 aromatic heterocycles. The van der Waals surface area contributed by atoms with Gasteiger partial charge in [0.1, 0.15) is 18.2 Å². The molecule has 0 unspecified atom stereocenters. The molecule has 0 saturated carbocycles. The molecule has 0 amide bonds. The van der Waals surface area contributed by atoms with Gasteiger partial charge in [0.2, 0.25) is 0 Å². The maximum atomic E-state index is 5.48. The monoisotopic (exact) mass is 267 g/mol. The highest BCUT2D eigenvalue weighted by atomic mass is 16.5. The average Bonchev–Trinajstić information content (AvgIpc) is 2.83. The molecule has 0 fully saturated rings. The Kier molecular flexibility index (Phi) is 3.39. The van der Waals surface area contributed by atoms with Crippen LogP contribution in [-0.4, -0.2) is 22.7 Å². The Morgan fingerprint density at radius 1 is 1.10 bits per heavy atom. The minimum absolute atomic E-state index is 0.520. The van der Waals surface area contributed by atoms with Crippen LogP contribution in [0.3, 0.4) is 0 Å². The SMILES string of the molecule is Cn1c(-c2ccc(OCCN)cc2)nc2ccccc21. The van der Waals surface area contributed by atoms with E-state index in [1.165, 1.54) is 0 Å². The molecule has 2 aromatic carbocycles. The Labute approximate surface area is 117 Å². The molecule has 0 aliphatic carbocycles. The maximum absolute atomic E-state index is 5.48. The first-order valence-corrected chi connectivity index (χ1v) is 6.64. The molecule has 0 aliphatic rings. The Morgan fingerprint density at radius 2 is 1.85 bits per heavy atom. The number of hydrogen-bond acceptors (Lipinski definition) is 3. The standard InChI is InChI=1S/C16H17N3O/c1-19-15-5-3-2-4-14(15)18-16(19)12-6-8-13(9-7-12)20-11-10-17/h2-9H,10-11,17H2,1H3. The topological polar surface area (TPSA) is 53.1 Å². The van der Waals surface area contributed by atoms with Gasteiger partial charge >= 0.3 is 0 Å². The maximum Gasteiger partial charge on any atom is 0.140 e. The van der Waals surface area contributed by atoms with E-state index in [2.05, 4.69) is 15.6 Å². The van der Waals surface area contributed by atoms with E-state index in [1.807, 2.05) is 49.5 Å². The van der Waals surface area contributed by atoms with Crippen LogP contribution in [0.1, 0.15) is 0 Å². The number of nitrogens with two attached hydrogens (primary N) is 1. The van der Waals surface area contributed by atoms with Crippen molar-refractivity contribution in [3.05, 3.63) is 48.5 Å². The summed E-state index contributed by atoms with van der Waals surface area (Å²) in [6.07, 6.45) is 0. The highest BCUT2D eigenvalue weighted by Gasteiger charge is 2.09. The van der Waals surface area contributed by atoms with Gasteiger partial charge in [0.15, 0.2) is 0 Å². The number of benzene rings is 2. The first-order valence-electron chi connectivity index (χ1n) is 6.64. The Balaban J connectivity index is 1.96. The molecule has 0 spiro atoms. The van der Waals surface area contributed by atoms with Crippen molar-refractivity contribution >= 4 is 11.0 Å². The van der Waals surface area contributed by atoms with Gasteiger partial charge in [-0.15, -0.1) is 0 Å². The number of fused-ring (bicyclic) bond motifs is 1. The van der Waals surface area contributed by atoms with Crippen LogP contribution in [-0.2, 0) is 7.05 Å². The van der Waals surface area contributed by atoms with Crippen LogP contribution in [0.2, 0.25) is 0 Å². The van der Waals surface area contributed by atoms with E-state index in [-0.39, 0.29) is 0 Å². The number of imidazole rings is 1. The van der Waals surface area contributed by atoms with E-state index in [1.54, 1.807) is 0 Å². The minimum atomic E-state index is 0.520. The molecule has 0 radical (unpaired) electrons. The summed E-state index contributed by atoms with van der Waals surface area (Å²) in [5, 5.41) is 0. The minimum Gasteiger partial charge on any atom is -0.492 e. The Morgan fingerprint density at radius 3 is 2.55 bits per heavy atom. The first-order chi connectivity index (χ1) is 9.79. The predicted octanol–water partition coefficient (Wildman–Crippen LogP) is 2.58. The van der Waals surface area contributed by atoms with Crippen LogP contribution in [0, 0.1) is 0 Å². The zero-order chi connectivity index (χ0) is 13.9. The summed E-state index contributed by atoms with van der Waals surface area (Å²) in [7, 11) is 2.03. The van der Waals surface area contributed by atoms with Crippen LogP contribution in [0.15, 0.2) is 48.5 Å². The van der Waals surface area contributed by atoms with Gasteiger partial charge in [-0.3, -0.25) is 0 Å². The lowest BCUT2D eigenvalue weighted by atomic mass is 10.2. The van der Waals surface area contributed by atoms with E-state index < -0.39 is 0 Å². The highest BCUT2D eigenvalue weighted by Crippen LogP contribution is 2.25. The molecular weight excluding hydrogens is 250 g/mol. The number of ether oxygens (including phenoxy) is 1. The van der Waals surface area contributed by atoms with Crippen molar-refractivity contribution in [2.45, 2.75) is 0 Å². The molecule has 0 bridgehead atoms. The van der Waals surface area contributed by atoms with E-state index in [9.17, 15) is 0 Å². The number of aryl methyl sites for hydroxylation is 1. The smallest absolute Gasteiger partial charge is 0.140 e. The van der Waals surface area contributed by atoms with Gasteiger partial charge in [0.25, 0.3) is 0 Å². The fraction of sp³-hybridized carbons (Fsp3) is 0.188. The molecule has 4 heteroatoms. The third kappa shape index (κ3) is 2.26. The second-order valence-corrected chi connectivity index (χ2v) is 4.64. The summed E-state index contributed by atoms with van der Waals surface area (Å²) in [5.41, 5.74) is 8.63. The summed E-state index contributed by atoms with van der Waals surface area (Å²) < 4.78 is 7.59. The summed E-state index contributed by atoms with van der Waals surface area (Å²) >= 11 is 0. The van der Waals surface area contributed by atoms with E-state index >= 15 is 0 Å². The molecule has 0 saturated heterocycles. The van der Waals surface area contributed by atoms with Crippen molar-refractivity contribution in [2.75, 3.05) is 13.2 Å². The Bertz CT molecular complexity index is 716. The number of aromatic nitrogens is 2. The van der Waals surface area contributed by atoms with Crippen LogP contribution < -0.4 is 10.5 Å². The Hall–Kier alpha value is -2.33. The summed E-state index contributed by atoms with van der Waals surface area (Å²) in [4.78, 5) is 4.68. The molecule has 4 nitrogen and oxygen atoms in total. The second-order valence-electron chi connectivity index (χ2n) is 4.64. The third-order valence-corrected chi connectivity index (χ3v) is 3.29. The van der Waals surface area contributed by atoms with Gasteiger partial charge in [-0.25, -0.2) is 4.98 Å². The van der Waals surface area contributed by atoms with Crippen molar-refractivity contribution in [3.8, 4) is 17.1 Å². The molecule has 3 aromatic rings. The van der Waals surface area contributed by atoms with Crippen molar-refractivity contribution in [3.63, 3.8) is 0 Å². The number of hydrogen-bond donors (Lipinski definition) is 1. The molecule has 2 N–H and O–H groups in total. The average molecular weight is 267 g/mol. The quantitative estimate of drug-likeness (QED) is 0.790. The number of para-hydroxylation sites is 2. The first kappa shape index (κ1) is 12.7. The zero-order valence-electron chi connectivity index (χ0n) is 11.4. The summed E-state index contributed by atoms with van der Waals surface area (Å²) in [6.45, 7) is 1.05.